The predicted octanol–water partition coefficient (Wildman–Crippen LogP) is 3.29. The maximum absolute atomic E-state index is 10.6. The third-order valence-electron chi connectivity index (χ3n) is 1.64. The molecular formula is C9H8Br2O. The molecule has 0 unspecified atom stereocenters. The SMILES string of the molecule is O=Cc1cc(CBr)ccc1CBr. The van der Waals surface area contributed by atoms with Crippen molar-refractivity contribution in [2.24, 2.45) is 0 Å². The van der Waals surface area contributed by atoms with E-state index in [9.17, 15) is 4.79 Å². The quantitative estimate of drug-likeness (QED) is 0.617. The second-order valence-electron chi connectivity index (χ2n) is 2.42. The predicted molar refractivity (Wildman–Crippen MR) is 57.1 cm³/mol. The van der Waals surface area contributed by atoms with Crippen LogP contribution in [0, 0.1) is 0 Å². The summed E-state index contributed by atoms with van der Waals surface area (Å²) in [5.41, 5.74) is 2.93. The second-order valence-corrected chi connectivity index (χ2v) is 3.54. The molecule has 1 rings (SSSR count). The van der Waals surface area contributed by atoms with Gasteiger partial charge in [0.15, 0.2) is 0 Å². The summed E-state index contributed by atoms with van der Waals surface area (Å²) in [6.07, 6.45) is 0.892. The Bertz CT molecular complexity index is 284. The van der Waals surface area contributed by atoms with E-state index >= 15 is 0 Å². The van der Waals surface area contributed by atoms with Gasteiger partial charge in [0.05, 0.1) is 0 Å². The van der Waals surface area contributed by atoms with Gasteiger partial charge >= 0.3 is 0 Å². The monoisotopic (exact) mass is 290 g/mol. The molecule has 0 heterocycles. The fourth-order valence-electron chi connectivity index (χ4n) is 0.959. The van der Waals surface area contributed by atoms with Crippen LogP contribution in [0.1, 0.15) is 21.5 Å². The minimum absolute atomic E-state index is 0.726. The van der Waals surface area contributed by atoms with Gasteiger partial charge in [-0.25, -0.2) is 0 Å². The molecule has 64 valence electrons. The third kappa shape index (κ3) is 2.17. The Morgan fingerprint density at radius 2 is 2.00 bits per heavy atom. The molecule has 1 aromatic rings. The van der Waals surface area contributed by atoms with Crippen molar-refractivity contribution in [3.8, 4) is 0 Å². The smallest absolute Gasteiger partial charge is 0.150 e. The van der Waals surface area contributed by atoms with E-state index in [0.717, 1.165) is 33.6 Å². The van der Waals surface area contributed by atoms with Gasteiger partial charge in [-0.3, -0.25) is 4.79 Å². The number of hydrogen-bond donors (Lipinski definition) is 0. The molecule has 0 radical (unpaired) electrons. The lowest BCUT2D eigenvalue weighted by molar-refractivity contribution is 0.112. The normalized spacial score (nSPS) is 9.83. The number of rotatable bonds is 3. The summed E-state index contributed by atoms with van der Waals surface area (Å²) in [5.74, 6) is 0. The Balaban J connectivity index is 3.10. The Labute approximate surface area is 88.4 Å². The van der Waals surface area contributed by atoms with Crippen LogP contribution in [-0.2, 0) is 10.7 Å². The summed E-state index contributed by atoms with van der Waals surface area (Å²) in [6.45, 7) is 0. The summed E-state index contributed by atoms with van der Waals surface area (Å²) in [7, 11) is 0. The highest BCUT2D eigenvalue weighted by Crippen LogP contribution is 2.15. The number of hydrogen-bond acceptors (Lipinski definition) is 1. The van der Waals surface area contributed by atoms with Gasteiger partial charge in [0.1, 0.15) is 6.29 Å². The first kappa shape index (κ1) is 9.93. The maximum Gasteiger partial charge on any atom is 0.150 e. The third-order valence-corrected chi connectivity index (χ3v) is 2.89. The number of benzene rings is 1. The van der Waals surface area contributed by atoms with Crippen molar-refractivity contribution in [1.82, 2.24) is 0 Å². The number of halogens is 2. The molecule has 1 nitrogen and oxygen atoms in total. The molecule has 0 amide bonds. The highest BCUT2D eigenvalue weighted by atomic mass is 79.9. The number of aldehydes is 1. The van der Waals surface area contributed by atoms with Crippen molar-refractivity contribution in [3.63, 3.8) is 0 Å². The summed E-state index contributed by atoms with van der Waals surface area (Å²) in [4.78, 5) is 10.6. The number of carbonyl (C=O) groups excluding carboxylic acids is 1. The van der Waals surface area contributed by atoms with E-state index in [4.69, 9.17) is 0 Å². The number of carbonyl (C=O) groups is 1. The molecule has 1 aromatic carbocycles. The van der Waals surface area contributed by atoms with Gasteiger partial charge in [0, 0.05) is 16.2 Å². The van der Waals surface area contributed by atoms with Crippen LogP contribution in [0.15, 0.2) is 18.2 Å². The molecular weight excluding hydrogens is 284 g/mol. The van der Waals surface area contributed by atoms with E-state index < -0.39 is 0 Å². The van der Waals surface area contributed by atoms with Gasteiger partial charge in [-0.15, -0.1) is 0 Å². The molecule has 0 fully saturated rings. The first-order chi connectivity index (χ1) is 5.81. The van der Waals surface area contributed by atoms with Gasteiger partial charge in [-0.05, 0) is 17.2 Å². The standard InChI is InChI=1S/C9H8Br2O/c10-4-7-1-2-8(5-11)9(3-7)6-12/h1-3,6H,4-5H2. The lowest BCUT2D eigenvalue weighted by atomic mass is 10.1. The summed E-state index contributed by atoms with van der Waals surface area (Å²) in [6, 6.07) is 5.88. The van der Waals surface area contributed by atoms with Gasteiger partial charge in [-0.1, -0.05) is 44.0 Å². The van der Waals surface area contributed by atoms with Crippen LogP contribution in [0.2, 0.25) is 0 Å². The first-order valence-electron chi connectivity index (χ1n) is 3.50. The zero-order valence-electron chi connectivity index (χ0n) is 6.39. The van der Waals surface area contributed by atoms with Gasteiger partial charge in [-0.2, -0.15) is 0 Å². The molecule has 0 aromatic heterocycles. The highest BCUT2D eigenvalue weighted by Gasteiger charge is 2.00. The summed E-state index contributed by atoms with van der Waals surface area (Å²) < 4.78 is 0. The summed E-state index contributed by atoms with van der Waals surface area (Å²) in [5, 5.41) is 1.51. The van der Waals surface area contributed by atoms with Gasteiger partial charge in [0.2, 0.25) is 0 Å². The second kappa shape index (κ2) is 4.77. The molecule has 12 heavy (non-hydrogen) atoms. The van der Waals surface area contributed by atoms with Crippen molar-refractivity contribution in [2.45, 2.75) is 10.7 Å². The number of alkyl halides is 2. The van der Waals surface area contributed by atoms with Gasteiger partial charge < -0.3 is 0 Å². The van der Waals surface area contributed by atoms with Crippen molar-refractivity contribution >= 4 is 38.1 Å². The van der Waals surface area contributed by atoms with Gasteiger partial charge in [0.25, 0.3) is 0 Å². The minimum Gasteiger partial charge on any atom is -0.298 e. The minimum atomic E-state index is 0.726. The van der Waals surface area contributed by atoms with Crippen molar-refractivity contribution in [3.05, 3.63) is 34.9 Å². The van der Waals surface area contributed by atoms with Crippen LogP contribution in [-0.4, -0.2) is 6.29 Å². The lowest BCUT2D eigenvalue weighted by Gasteiger charge is -2.02. The Morgan fingerprint density at radius 3 is 2.50 bits per heavy atom. The fraction of sp³-hybridized carbons (Fsp3) is 0.222. The molecule has 0 atom stereocenters. The zero-order chi connectivity index (χ0) is 8.97. The Morgan fingerprint density at radius 1 is 1.25 bits per heavy atom. The topological polar surface area (TPSA) is 17.1 Å². The van der Waals surface area contributed by atoms with E-state index in [1.165, 1.54) is 0 Å². The molecule has 0 aliphatic heterocycles. The molecule has 3 heteroatoms. The van der Waals surface area contributed by atoms with Crippen LogP contribution >= 0.6 is 31.9 Å². The largest absolute Gasteiger partial charge is 0.298 e. The van der Waals surface area contributed by atoms with E-state index in [2.05, 4.69) is 31.9 Å². The zero-order valence-corrected chi connectivity index (χ0v) is 9.56. The van der Waals surface area contributed by atoms with Crippen LogP contribution in [0.5, 0.6) is 0 Å². The van der Waals surface area contributed by atoms with E-state index in [0.29, 0.717) is 0 Å². The average molecular weight is 292 g/mol. The first-order valence-corrected chi connectivity index (χ1v) is 5.75. The molecule has 0 aliphatic rings. The van der Waals surface area contributed by atoms with Crippen molar-refractivity contribution < 1.29 is 4.79 Å². The fourth-order valence-corrected chi connectivity index (χ4v) is 1.82. The lowest BCUT2D eigenvalue weighted by Crippen LogP contribution is -1.90. The Kier molecular flexibility index (Phi) is 3.95. The molecule has 0 saturated heterocycles. The molecule has 0 aliphatic carbocycles. The molecule has 0 saturated carbocycles. The molecule has 0 N–H and O–H groups in total. The van der Waals surface area contributed by atoms with E-state index in [1.54, 1.807) is 0 Å². The van der Waals surface area contributed by atoms with Crippen LogP contribution in [0.4, 0.5) is 0 Å². The Hall–Kier alpha value is -0.150. The van der Waals surface area contributed by atoms with E-state index in [1.807, 2.05) is 18.2 Å². The average Bonchev–Trinajstić information content (AvgIpc) is 2.16. The molecule has 0 spiro atoms. The summed E-state index contributed by atoms with van der Waals surface area (Å²) >= 11 is 6.66. The van der Waals surface area contributed by atoms with Crippen LogP contribution < -0.4 is 0 Å². The van der Waals surface area contributed by atoms with Crippen LogP contribution in [0.25, 0.3) is 0 Å². The van der Waals surface area contributed by atoms with Crippen molar-refractivity contribution in [1.29, 1.82) is 0 Å². The highest BCUT2D eigenvalue weighted by molar-refractivity contribution is 9.08. The molecule has 0 bridgehead atoms. The maximum atomic E-state index is 10.6. The van der Waals surface area contributed by atoms with E-state index in [-0.39, 0.29) is 0 Å². The van der Waals surface area contributed by atoms with Crippen LogP contribution in [0.3, 0.4) is 0 Å². The van der Waals surface area contributed by atoms with Crippen molar-refractivity contribution in [2.75, 3.05) is 0 Å².